The van der Waals surface area contributed by atoms with Crippen molar-refractivity contribution in [2.75, 3.05) is 19.8 Å². The number of nitrogens with zero attached hydrogens (tertiary/aromatic N) is 3. The van der Waals surface area contributed by atoms with Gasteiger partial charge in [0, 0.05) is 11.6 Å². The monoisotopic (exact) mass is 319 g/mol. The van der Waals surface area contributed by atoms with Crippen molar-refractivity contribution in [2.24, 2.45) is 0 Å². The quantitative estimate of drug-likeness (QED) is 0.855. The van der Waals surface area contributed by atoms with Gasteiger partial charge >= 0.3 is 0 Å². The van der Waals surface area contributed by atoms with Crippen LogP contribution >= 0.6 is 11.6 Å². The summed E-state index contributed by atoms with van der Waals surface area (Å²) in [5.41, 5.74) is 2.28. The smallest absolute Gasteiger partial charge is 0.257 e. The average molecular weight is 320 g/mol. The third-order valence-corrected chi connectivity index (χ3v) is 4.16. The largest absolute Gasteiger partial charge is 0.377 e. The fraction of sp³-hybridized carbons (Fsp3) is 0.375. The van der Waals surface area contributed by atoms with Crippen LogP contribution in [-0.2, 0) is 4.74 Å². The Morgan fingerprint density at radius 1 is 1.45 bits per heavy atom. The molecule has 6 heteroatoms. The van der Waals surface area contributed by atoms with Gasteiger partial charge in [-0.2, -0.15) is 5.10 Å². The van der Waals surface area contributed by atoms with E-state index in [1.54, 1.807) is 10.9 Å². The average Bonchev–Trinajstić information content (AvgIpc) is 2.89. The Kier molecular flexibility index (Phi) is 4.18. The zero-order chi connectivity index (χ0) is 15.7. The molecule has 2 heterocycles. The number of hydrogen-bond acceptors (Lipinski definition) is 3. The first-order chi connectivity index (χ1) is 10.6. The second-order valence-electron chi connectivity index (χ2n) is 5.46. The van der Waals surface area contributed by atoms with E-state index < -0.39 is 0 Å². The van der Waals surface area contributed by atoms with E-state index in [0.29, 0.717) is 30.3 Å². The van der Waals surface area contributed by atoms with Gasteiger partial charge in [-0.15, -0.1) is 0 Å². The molecule has 0 saturated carbocycles. The molecule has 1 aromatic heterocycles. The van der Waals surface area contributed by atoms with Gasteiger partial charge in [0.15, 0.2) is 0 Å². The van der Waals surface area contributed by atoms with Gasteiger partial charge in [-0.25, -0.2) is 4.68 Å². The Balaban J connectivity index is 1.91. The summed E-state index contributed by atoms with van der Waals surface area (Å²) < 4.78 is 7.13. The normalized spacial score (nSPS) is 18.5. The molecule has 116 valence electrons. The van der Waals surface area contributed by atoms with Gasteiger partial charge in [0.05, 0.1) is 42.4 Å². The molecule has 1 aliphatic heterocycles. The molecule has 1 amide bonds. The molecular weight excluding hydrogens is 302 g/mol. The molecule has 0 bridgehead atoms. The molecule has 0 radical (unpaired) electrons. The molecule has 1 atom stereocenters. The lowest BCUT2D eigenvalue weighted by atomic mass is 10.1. The van der Waals surface area contributed by atoms with Crippen molar-refractivity contribution in [3.8, 4) is 5.69 Å². The van der Waals surface area contributed by atoms with E-state index in [-0.39, 0.29) is 11.9 Å². The van der Waals surface area contributed by atoms with Crippen molar-refractivity contribution in [3.05, 3.63) is 46.7 Å². The Bertz CT molecular complexity index is 698. The van der Waals surface area contributed by atoms with Crippen LogP contribution in [0.5, 0.6) is 0 Å². The maximum absolute atomic E-state index is 12.7. The molecule has 0 spiro atoms. The van der Waals surface area contributed by atoms with Crippen LogP contribution in [0.25, 0.3) is 5.69 Å². The first-order valence-corrected chi connectivity index (χ1v) is 7.65. The van der Waals surface area contributed by atoms with Crippen molar-refractivity contribution in [1.82, 2.24) is 14.7 Å². The highest BCUT2D eigenvalue weighted by molar-refractivity contribution is 6.30. The van der Waals surface area contributed by atoms with E-state index in [2.05, 4.69) is 5.10 Å². The van der Waals surface area contributed by atoms with Crippen LogP contribution in [0.2, 0.25) is 5.02 Å². The summed E-state index contributed by atoms with van der Waals surface area (Å²) in [5.74, 6) is 0.00146. The maximum Gasteiger partial charge on any atom is 0.257 e. The van der Waals surface area contributed by atoms with Gasteiger partial charge in [0.2, 0.25) is 0 Å². The molecule has 0 N–H and O–H groups in total. The zero-order valence-electron chi connectivity index (χ0n) is 12.6. The number of hydrogen-bond donors (Lipinski definition) is 0. The molecule has 3 rings (SSSR count). The summed E-state index contributed by atoms with van der Waals surface area (Å²) >= 11 is 6.03. The Morgan fingerprint density at radius 2 is 2.27 bits per heavy atom. The molecule has 1 saturated heterocycles. The Morgan fingerprint density at radius 3 is 3.00 bits per heavy atom. The van der Waals surface area contributed by atoms with Crippen LogP contribution in [0.15, 0.2) is 30.5 Å². The molecule has 5 nitrogen and oxygen atoms in total. The minimum atomic E-state index is 0.00146. The minimum Gasteiger partial charge on any atom is -0.377 e. The van der Waals surface area contributed by atoms with Crippen LogP contribution in [-0.4, -0.2) is 46.4 Å². The number of benzene rings is 1. The first kappa shape index (κ1) is 15.1. The van der Waals surface area contributed by atoms with Crippen molar-refractivity contribution in [2.45, 2.75) is 19.9 Å². The molecule has 22 heavy (non-hydrogen) atoms. The molecule has 1 aromatic carbocycles. The van der Waals surface area contributed by atoms with E-state index in [9.17, 15) is 4.79 Å². The lowest BCUT2D eigenvalue weighted by Crippen LogP contribution is -2.47. The lowest BCUT2D eigenvalue weighted by Gasteiger charge is -2.33. The topological polar surface area (TPSA) is 47.4 Å². The van der Waals surface area contributed by atoms with E-state index in [1.165, 1.54) is 0 Å². The summed E-state index contributed by atoms with van der Waals surface area (Å²) in [6.07, 6.45) is 1.63. The highest BCUT2D eigenvalue weighted by Crippen LogP contribution is 2.20. The number of carbonyl (C=O) groups excluding carboxylic acids is 1. The Labute approximate surface area is 134 Å². The van der Waals surface area contributed by atoms with E-state index in [4.69, 9.17) is 16.3 Å². The molecule has 0 aliphatic carbocycles. The SMILES string of the molecule is Cc1c(C(=O)N2CCOCC2C)cnn1-c1cccc(Cl)c1. The van der Waals surface area contributed by atoms with Gasteiger partial charge in [0.1, 0.15) is 0 Å². The van der Waals surface area contributed by atoms with Crippen molar-refractivity contribution in [3.63, 3.8) is 0 Å². The van der Waals surface area contributed by atoms with E-state index in [0.717, 1.165) is 11.4 Å². The van der Waals surface area contributed by atoms with Crippen LogP contribution in [0, 0.1) is 6.92 Å². The number of morpholine rings is 1. The second kappa shape index (κ2) is 6.10. The molecule has 1 fully saturated rings. The summed E-state index contributed by atoms with van der Waals surface area (Å²) in [6, 6.07) is 7.50. The number of aromatic nitrogens is 2. The van der Waals surface area contributed by atoms with Gasteiger partial charge in [-0.3, -0.25) is 4.79 Å². The molecule has 2 aromatic rings. The van der Waals surface area contributed by atoms with Gasteiger partial charge in [-0.1, -0.05) is 17.7 Å². The third kappa shape index (κ3) is 2.74. The fourth-order valence-corrected chi connectivity index (χ4v) is 2.86. The van der Waals surface area contributed by atoms with Gasteiger partial charge < -0.3 is 9.64 Å². The highest BCUT2D eigenvalue weighted by atomic mass is 35.5. The van der Waals surface area contributed by atoms with Crippen molar-refractivity contribution < 1.29 is 9.53 Å². The van der Waals surface area contributed by atoms with Crippen LogP contribution < -0.4 is 0 Å². The number of halogens is 1. The number of amides is 1. The van der Waals surface area contributed by atoms with Crippen molar-refractivity contribution in [1.29, 1.82) is 0 Å². The zero-order valence-corrected chi connectivity index (χ0v) is 13.4. The third-order valence-electron chi connectivity index (χ3n) is 3.92. The summed E-state index contributed by atoms with van der Waals surface area (Å²) in [5, 5.41) is 4.99. The standard InChI is InChI=1S/C16H18ClN3O2/c1-11-10-22-7-6-19(11)16(21)15-9-18-20(12(15)2)14-5-3-4-13(17)8-14/h3-5,8-9,11H,6-7,10H2,1-2H3. The predicted octanol–water partition coefficient (Wildman–Crippen LogP) is 2.70. The lowest BCUT2D eigenvalue weighted by molar-refractivity contribution is 0.00355. The predicted molar refractivity (Wildman–Crippen MR) is 84.6 cm³/mol. The molecular formula is C16H18ClN3O2. The van der Waals surface area contributed by atoms with Crippen LogP contribution in [0.1, 0.15) is 23.0 Å². The molecule has 1 aliphatic rings. The second-order valence-corrected chi connectivity index (χ2v) is 5.89. The van der Waals surface area contributed by atoms with E-state index >= 15 is 0 Å². The minimum absolute atomic E-state index is 0.00146. The fourth-order valence-electron chi connectivity index (χ4n) is 2.67. The maximum atomic E-state index is 12.7. The van der Waals surface area contributed by atoms with Gasteiger partial charge in [0.25, 0.3) is 5.91 Å². The number of carbonyl (C=O) groups is 1. The van der Waals surface area contributed by atoms with Crippen LogP contribution in [0.3, 0.4) is 0 Å². The number of ether oxygens (including phenoxy) is 1. The van der Waals surface area contributed by atoms with Crippen molar-refractivity contribution >= 4 is 17.5 Å². The van der Waals surface area contributed by atoms with Gasteiger partial charge in [-0.05, 0) is 32.0 Å². The highest BCUT2D eigenvalue weighted by Gasteiger charge is 2.27. The summed E-state index contributed by atoms with van der Waals surface area (Å²) in [6.45, 7) is 5.66. The Hall–Kier alpha value is -1.85. The van der Waals surface area contributed by atoms with Crippen LogP contribution in [0.4, 0.5) is 0 Å². The summed E-state index contributed by atoms with van der Waals surface area (Å²) in [7, 11) is 0. The molecule has 1 unspecified atom stereocenters. The summed E-state index contributed by atoms with van der Waals surface area (Å²) in [4.78, 5) is 14.6. The van der Waals surface area contributed by atoms with E-state index in [1.807, 2.05) is 43.0 Å². The first-order valence-electron chi connectivity index (χ1n) is 7.27. The number of rotatable bonds is 2.